The second kappa shape index (κ2) is 10.2. The van der Waals surface area contributed by atoms with Gasteiger partial charge in [-0.25, -0.2) is 4.98 Å². The van der Waals surface area contributed by atoms with Crippen molar-refractivity contribution in [2.45, 2.75) is 13.0 Å². The second-order valence-electron chi connectivity index (χ2n) is 7.57. The van der Waals surface area contributed by atoms with Crippen molar-refractivity contribution in [2.75, 3.05) is 58.3 Å². The van der Waals surface area contributed by atoms with E-state index in [-0.39, 0.29) is 5.91 Å². The van der Waals surface area contributed by atoms with Gasteiger partial charge in [-0.15, -0.1) is 0 Å². The fraction of sp³-hybridized carbons (Fsp3) is 0.455. The first-order valence-corrected chi connectivity index (χ1v) is 10.0. The van der Waals surface area contributed by atoms with Gasteiger partial charge in [-0.3, -0.25) is 9.69 Å². The lowest BCUT2D eigenvalue weighted by molar-refractivity contribution is 0.0952. The molecule has 0 unspecified atom stereocenters. The lowest BCUT2D eigenvalue weighted by Crippen LogP contribution is -2.46. The first-order chi connectivity index (χ1) is 13.6. The van der Waals surface area contributed by atoms with Gasteiger partial charge in [0.1, 0.15) is 5.82 Å². The Kier molecular flexibility index (Phi) is 7.39. The molecule has 0 bridgehead atoms. The van der Waals surface area contributed by atoms with E-state index in [4.69, 9.17) is 0 Å². The van der Waals surface area contributed by atoms with E-state index in [1.54, 1.807) is 6.20 Å². The Balaban J connectivity index is 1.44. The van der Waals surface area contributed by atoms with E-state index in [1.807, 2.05) is 26.2 Å². The number of carbonyl (C=O) groups is 1. The minimum Gasteiger partial charge on any atom is -0.354 e. The summed E-state index contributed by atoms with van der Waals surface area (Å²) in [5, 5.41) is 2.96. The summed E-state index contributed by atoms with van der Waals surface area (Å²) in [4.78, 5) is 23.6. The predicted molar refractivity (Wildman–Crippen MR) is 114 cm³/mol. The van der Waals surface area contributed by atoms with Crippen LogP contribution in [-0.4, -0.2) is 74.1 Å². The number of hydrogen-bond donors (Lipinski definition) is 1. The first-order valence-electron chi connectivity index (χ1n) is 10.0. The molecule has 0 spiro atoms. The van der Waals surface area contributed by atoms with Crippen molar-refractivity contribution in [3.63, 3.8) is 0 Å². The fourth-order valence-electron chi connectivity index (χ4n) is 3.38. The lowest BCUT2D eigenvalue weighted by atomic mass is 10.2. The van der Waals surface area contributed by atoms with Crippen molar-refractivity contribution < 1.29 is 4.79 Å². The molecule has 1 fully saturated rings. The first kappa shape index (κ1) is 20.3. The zero-order valence-corrected chi connectivity index (χ0v) is 17.0. The van der Waals surface area contributed by atoms with Gasteiger partial charge >= 0.3 is 0 Å². The maximum Gasteiger partial charge on any atom is 0.252 e. The van der Waals surface area contributed by atoms with Crippen molar-refractivity contribution in [1.29, 1.82) is 0 Å². The largest absolute Gasteiger partial charge is 0.354 e. The molecular weight excluding hydrogens is 350 g/mol. The summed E-state index contributed by atoms with van der Waals surface area (Å²) in [6.45, 7) is 6.59. The summed E-state index contributed by atoms with van der Waals surface area (Å²) in [5.41, 5.74) is 1.98. The summed E-state index contributed by atoms with van der Waals surface area (Å²) in [7, 11) is 4.07. The Hall–Kier alpha value is -2.44. The Morgan fingerprint density at radius 2 is 1.82 bits per heavy atom. The highest BCUT2D eigenvalue weighted by Gasteiger charge is 2.18. The molecule has 1 aliphatic heterocycles. The molecule has 28 heavy (non-hydrogen) atoms. The summed E-state index contributed by atoms with van der Waals surface area (Å²) in [6.07, 6.45) is 2.63. The lowest BCUT2D eigenvalue weighted by Gasteiger charge is -2.35. The van der Waals surface area contributed by atoms with E-state index in [1.165, 1.54) is 5.56 Å². The Labute approximate surface area is 168 Å². The second-order valence-corrected chi connectivity index (χ2v) is 7.57. The maximum atomic E-state index is 12.2. The summed E-state index contributed by atoms with van der Waals surface area (Å²) in [6, 6.07) is 14.4. The maximum absolute atomic E-state index is 12.2. The standard InChI is InChI=1S/C22H31N5O/c1-25(2)12-6-11-23-22(28)20-9-10-21(24-17-20)27-15-13-26(14-16-27)18-19-7-4-3-5-8-19/h3-5,7-10,17H,6,11-16,18H2,1-2H3,(H,23,28). The monoisotopic (exact) mass is 381 g/mol. The normalized spacial score (nSPS) is 15.0. The number of carbonyl (C=O) groups excluding carboxylic acids is 1. The number of amides is 1. The molecule has 1 aliphatic rings. The smallest absolute Gasteiger partial charge is 0.252 e. The number of nitrogens with zero attached hydrogens (tertiary/aromatic N) is 4. The van der Waals surface area contributed by atoms with E-state index < -0.39 is 0 Å². The number of aromatic nitrogens is 1. The minimum atomic E-state index is -0.0505. The molecule has 1 N–H and O–H groups in total. The number of anilines is 1. The average Bonchev–Trinajstić information content (AvgIpc) is 2.72. The molecule has 0 aliphatic carbocycles. The predicted octanol–water partition coefficient (Wildman–Crippen LogP) is 2.09. The molecule has 0 atom stereocenters. The van der Waals surface area contributed by atoms with Gasteiger partial charge in [0.25, 0.3) is 5.91 Å². The third-order valence-electron chi connectivity index (χ3n) is 5.02. The molecule has 1 aromatic carbocycles. The van der Waals surface area contributed by atoms with Gasteiger partial charge in [0, 0.05) is 45.5 Å². The van der Waals surface area contributed by atoms with Gasteiger partial charge in [0.15, 0.2) is 0 Å². The van der Waals surface area contributed by atoms with E-state index in [0.29, 0.717) is 12.1 Å². The van der Waals surface area contributed by atoms with Crippen LogP contribution in [0.1, 0.15) is 22.3 Å². The fourth-order valence-corrected chi connectivity index (χ4v) is 3.38. The van der Waals surface area contributed by atoms with Crippen LogP contribution in [0.4, 0.5) is 5.82 Å². The van der Waals surface area contributed by atoms with Gasteiger partial charge in [0.2, 0.25) is 0 Å². The van der Waals surface area contributed by atoms with Crippen LogP contribution in [0.2, 0.25) is 0 Å². The highest BCUT2D eigenvalue weighted by Crippen LogP contribution is 2.15. The summed E-state index contributed by atoms with van der Waals surface area (Å²) < 4.78 is 0. The molecule has 1 amide bonds. The molecular formula is C22H31N5O. The molecule has 2 aromatic rings. The quantitative estimate of drug-likeness (QED) is 0.710. The third-order valence-corrected chi connectivity index (χ3v) is 5.02. The highest BCUT2D eigenvalue weighted by molar-refractivity contribution is 5.94. The van der Waals surface area contributed by atoms with Crippen molar-refractivity contribution in [3.05, 3.63) is 59.8 Å². The van der Waals surface area contributed by atoms with E-state index in [0.717, 1.165) is 51.5 Å². The van der Waals surface area contributed by atoms with E-state index in [9.17, 15) is 4.79 Å². The van der Waals surface area contributed by atoms with Crippen LogP contribution in [0, 0.1) is 0 Å². The molecule has 0 saturated carbocycles. The van der Waals surface area contributed by atoms with Crippen LogP contribution >= 0.6 is 0 Å². The van der Waals surface area contributed by atoms with Crippen molar-refractivity contribution in [1.82, 2.24) is 20.1 Å². The number of hydrogen-bond acceptors (Lipinski definition) is 5. The number of rotatable bonds is 8. The molecule has 2 heterocycles. The van der Waals surface area contributed by atoms with E-state index >= 15 is 0 Å². The summed E-state index contributed by atoms with van der Waals surface area (Å²) in [5.74, 6) is 0.897. The summed E-state index contributed by atoms with van der Waals surface area (Å²) >= 11 is 0. The molecule has 150 valence electrons. The van der Waals surface area contributed by atoms with Crippen LogP contribution in [0.25, 0.3) is 0 Å². The van der Waals surface area contributed by atoms with Crippen LogP contribution in [0.5, 0.6) is 0 Å². The van der Waals surface area contributed by atoms with Gasteiger partial charge < -0.3 is 15.1 Å². The molecule has 1 saturated heterocycles. The Bertz CT molecular complexity index is 724. The zero-order chi connectivity index (χ0) is 19.8. The van der Waals surface area contributed by atoms with Crippen LogP contribution in [0.15, 0.2) is 48.7 Å². The molecule has 0 radical (unpaired) electrons. The van der Waals surface area contributed by atoms with Gasteiger partial charge in [-0.1, -0.05) is 30.3 Å². The van der Waals surface area contributed by atoms with Crippen LogP contribution < -0.4 is 10.2 Å². The minimum absolute atomic E-state index is 0.0505. The number of nitrogens with one attached hydrogen (secondary N) is 1. The van der Waals surface area contributed by atoms with Crippen molar-refractivity contribution >= 4 is 11.7 Å². The number of pyridine rings is 1. The molecule has 3 rings (SSSR count). The van der Waals surface area contributed by atoms with Crippen LogP contribution in [-0.2, 0) is 6.54 Å². The SMILES string of the molecule is CN(C)CCCNC(=O)c1ccc(N2CCN(Cc3ccccc3)CC2)nc1. The van der Waals surface area contributed by atoms with Crippen LogP contribution in [0.3, 0.4) is 0 Å². The number of piperazine rings is 1. The van der Waals surface area contributed by atoms with Crippen molar-refractivity contribution in [3.8, 4) is 0 Å². The third kappa shape index (κ3) is 6.04. The van der Waals surface area contributed by atoms with Gasteiger partial charge in [0.05, 0.1) is 5.56 Å². The van der Waals surface area contributed by atoms with E-state index in [2.05, 4.69) is 55.3 Å². The molecule has 1 aromatic heterocycles. The van der Waals surface area contributed by atoms with Crippen molar-refractivity contribution in [2.24, 2.45) is 0 Å². The highest BCUT2D eigenvalue weighted by atomic mass is 16.1. The Morgan fingerprint density at radius 3 is 2.46 bits per heavy atom. The molecule has 6 heteroatoms. The number of benzene rings is 1. The van der Waals surface area contributed by atoms with Gasteiger partial charge in [-0.05, 0) is 44.8 Å². The average molecular weight is 382 g/mol. The molecule has 6 nitrogen and oxygen atoms in total. The zero-order valence-electron chi connectivity index (χ0n) is 17.0. The topological polar surface area (TPSA) is 51.7 Å². The van der Waals surface area contributed by atoms with Gasteiger partial charge in [-0.2, -0.15) is 0 Å². The Morgan fingerprint density at radius 1 is 1.07 bits per heavy atom.